The summed E-state index contributed by atoms with van der Waals surface area (Å²) in [6.45, 7) is 1.34. The molecule has 1 fully saturated rings. The van der Waals surface area contributed by atoms with Crippen molar-refractivity contribution >= 4 is 0 Å². The third-order valence-corrected chi connectivity index (χ3v) is 7.35. The molecule has 4 aromatic rings. The summed E-state index contributed by atoms with van der Waals surface area (Å²) in [4.78, 5) is 0. The lowest BCUT2D eigenvalue weighted by Crippen LogP contribution is -2.63. The van der Waals surface area contributed by atoms with Crippen LogP contribution in [-0.4, -0.2) is 43.9 Å². The molecule has 0 radical (unpaired) electrons. The minimum absolute atomic E-state index is 0.322. The number of hydrogen-bond donors (Lipinski definition) is 0. The minimum atomic E-state index is -0.776. The van der Waals surface area contributed by atoms with Crippen molar-refractivity contribution in [1.82, 2.24) is 0 Å². The minimum Gasteiger partial charge on any atom is -0.368 e. The van der Waals surface area contributed by atoms with Crippen LogP contribution >= 0.6 is 0 Å². The molecule has 0 aliphatic carbocycles. The lowest BCUT2D eigenvalue weighted by atomic mass is 9.94. The molecule has 6 nitrogen and oxygen atoms in total. The fourth-order valence-corrected chi connectivity index (χ4v) is 5.12. The maximum absolute atomic E-state index is 6.66. The third kappa shape index (κ3) is 8.62. The van der Waals surface area contributed by atoms with Gasteiger partial charge in [-0.05, 0) is 22.3 Å². The first kappa shape index (κ1) is 30.7. The molecular weight excluding hydrogens is 540 g/mol. The number of rotatable bonds is 14. The van der Waals surface area contributed by atoms with E-state index in [-0.39, 0.29) is 0 Å². The molecule has 5 rings (SSSR count). The van der Waals surface area contributed by atoms with Gasteiger partial charge >= 0.3 is 0 Å². The molecule has 6 atom stereocenters. The summed E-state index contributed by atoms with van der Waals surface area (Å²) in [6, 6.07) is 39.9. The Balaban J connectivity index is 1.45. The zero-order valence-electron chi connectivity index (χ0n) is 24.4. The van der Waals surface area contributed by atoms with Crippen LogP contribution in [-0.2, 0) is 54.8 Å². The largest absolute Gasteiger partial charge is 0.368 e. The molecule has 0 aromatic heterocycles. The summed E-state index contributed by atoms with van der Waals surface area (Å²) in [6.07, 6.45) is 2.04. The van der Waals surface area contributed by atoms with Crippen LogP contribution < -0.4 is 0 Å². The molecule has 0 spiro atoms. The van der Waals surface area contributed by atoms with E-state index < -0.39 is 36.8 Å². The quantitative estimate of drug-likeness (QED) is 0.163. The Morgan fingerprint density at radius 1 is 0.581 bits per heavy atom. The van der Waals surface area contributed by atoms with Gasteiger partial charge in [0.05, 0.1) is 26.4 Å². The highest BCUT2D eigenvalue weighted by Gasteiger charge is 2.51. The second-order valence-electron chi connectivity index (χ2n) is 10.4. The van der Waals surface area contributed by atoms with E-state index in [1.807, 2.05) is 121 Å². The maximum atomic E-state index is 6.66. The van der Waals surface area contributed by atoms with Crippen molar-refractivity contribution in [3.8, 4) is 12.3 Å². The van der Waals surface area contributed by atoms with E-state index >= 15 is 0 Å². The molecule has 6 heteroatoms. The van der Waals surface area contributed by atoms with Gasteiger partial charge in [0.25, 0.3) is 0 Å². The Bertz CT molecular complexity index is 1380. The van der Waals surface area contributed by atoms with Crippen LogP contribution in [0.4, 0.5) is 0 Å². The van der Waals surface area contributed by atoms with Crippen molar-refractivity contribution in [2.75, 3.05) is 7.11 Å². The van der Waals surface area contributed by atoms with Crippen molar-refractivity contribution in [2.24, 2.45) is 0 Å². The maximum Gasteiger partial charge on any atom is 0.186 e. The van der Waals surface area contributed by atoms with Crippen LogP contribution in [0.1, 0.15) is 22.3 Å². The normalized spacial score (nSPS) is 22.5. The first-order chi connectivity index (χ1) is 21.2. The number of benzene rings is 4. The van der Waals surface area contributed by atoms with Crippen LogP contribution in [0.15, 0.2) is 121 Å². The molecule has 0 amide bonds. The topological polar surface area (TPSA) is 55.4 Å². The van der Waals surface area contributed by atoms with Crippen LogP contribution in [0, 0.1) is 12.3 Å². The fourth-order valence-electron chi connectivity index (χ4n) is 5.12. The van der Waals surface area contributed by atoms with Gasteiger partial charge < -0.3 is 28.4 Å². The second-order valence-corrected chi connectivity index (χ2v) is 10.4. The first-order valence-corrected chi connectivity index (χ1v) is 14.5. The average Bonchev–Trinajstić information content (AvgIpc) is 3.07. The van der Waals surface area contributed by atoms with Crippen molar-refractivity contribution in [3.05, 3.63) is 144 Å². The SMILES string of the molecule is C#CC(OCc1ccccc1)[C@H]1O[C@H](OC)[C@H](OCc2ccccc2)[C@@H](OCc2ccccc2)[C@@H]1OCc1ccccc1. The van der Waals surface area contributed by atoms with E-state index in [2.05, 4.69) is 5.92 Å². The highest BCUT2D eigenvalue weighted by molar-refractivity contribution is 5.17. The standard InChI is InChI=1S/C37H38O6/c1-3-32(39-24-28-16-8-4-9-17-28)33-34(40-25-29-18-10-5-11-19-29)35(41-26-30-20-12-6-13-21-30)36(37(38-2)43-33)42-27-31-22-14-7-15-23-31/h1,4-23,32-37H,24-27H2,2H3/t32?,33-,34-,35+,36-,37+/m1/s1. The number of hydrogen-bond acceptors (Lipinski definition) is 6. The summed E-state index contributed by atoms with van der Waals surface area (Å²) < 4.78 is 38.5. The Morgan fingerprint density at radius 2 is 0.977 bits per heavy atom. The predicted molar refractivity (Wildman–Crippen MR) is 165 cm³/mol. The summed E-state index contributed by atoms with van der Waals surface area (Å²) >= 11 is 0. The Kier molecular flexibility index (Phi) is 11.5. The van der Waals surface area contributed by atoms with Crippen molar-refractivity contribution in [1.29, 1.82) is 0 Å². The first-order valence-electron chi connectivity index (χ1n) is 14.5. The molecule has 0 saturated carbocycles. The molecule has 1 saturated heterocycles. The van der Waals surface area contributed by atoms with E-state index in [9.17, 15) is 0 Å². The van der Waals surface area contributed by atoms with Gasteiger partial charge in [-0.15, -0.1) is 6.42 Å². The van der Waals surface area contributed by atoms with E-state index in [1.165, 1.54) is 0 Å². The fraction of sp³-hybridized carbons (Fsp3) is 0.297. The molecule has 1 aliphatic heterocycles. The van der Waals surface area contributed by atoms with E-state index in [1.54, 1.807) is 7.11 Å². The van der Waals surface area contributed by atoms with Crippen molar-refractivity contribution in [2.45, 2.75) is 63.2 Å². The molecule has 43 heavy (non-hydrogen) atoms. The van der Waals surface area contributed by atoms with Gasteiger partial charge in [0.15, 0.2) is 6.29 Å². The molecule has 4 aromatic carbocycles. The highest BCUT2D eigenvalue weighted by Crippen LogP contribution is 2.33. The molecule has 0 N–H and O–H groups in total. The number of ether oxygens (including phenoxy) is 6. The molecule has 0 bridgehead atoms. The summed E-state index contributed by atoms with van der Waals surface area (Å²) in [5, 5.41) is 0. The lowest BCUT2D eigenvalue weighted by Gasteiger charge is -2.46. The monoisotopic (exact) mass is 578 g/mol. The zero-order chi connectivity index (χ0) is 29.7. The second kappa shape index (κ2) is 16.2. The Morgan fingerprint density at radius 3 is 1.40 bits per heavy atom. The summed E-state index contributed by atoms with van der Waals surface area (Å²) in [7, 11) is 1.59. The van der Waals surface area contributed by atoms with E-state index in [0.29, 0.717) is 26.4 Å². The average molecular weight is 579 g/mol. The van der Waals surface area contributed by atoms with Crippen LogP contribution in [0.25, 0.3) is 0 Å². The smallest absolute Gasteiger partial charge is 0.186 e. The van der Waals surface area contributed by atoms with Crippen LogP contribution in [0.5, 0.6) is 0 Å². The Labute approximate surface area is 254 Å². The Hall–Kier alpha value is -3.80. The van der Waals surface area contributed by atoms with Gasteiger partial charge in [-0.1, -0.05) is 127 Å². The van der Waals surface area contributed by atoms with Crippen molar-refractivity contribution in [3.63, 3.8) is 0 Å². The number of methoxy groups -OCH3 is 1. The van der Waals surface area contributed by atoms with Gasteiger partial charge in [0, 0.05) is 7.11 Å². The summed E-state index contributed by atoms with van der Waals surface area (Å²) in [5.41, 5.74) is 4.07. The summed E-state index contributed by atoms with van der Waals surface area (Å²) in [5.74, 6) is 2.80. The molecular formula is C37H38O6. The van der Waals surface area contributed by atoms with E-state index in [4.69, 9.17) is 34.8 Å². The lowest BCUT2D eigenvalue weighted by molar-refractivity contribution is -0.328. The molecule has 222 valence electrons. The van der Waals surface area contributed by atoms with Crippen LogP contribution in [0.3, 0.4) is 0 Å². The molecule has 1 unspecified atom stereocenters. The van der Waals surface area contributed by atoms with E-state index in [0.717, 1.165) is 22.3 Å². The predicted octanol–water partition coefficient (Wildman–Crippen LogP) is 6.33. The number of terminal acetylenes is 1. The van der Waals surface area contributed by atoms with Gasteiger partial charge in [-0.25, -0.2) is 0 Å². The van der Waals surface area contributed by atoms with Gasteiger partial charge in [-0.3, -0.25) is 0 Å². The van der Waals surface area contributed by atoms with Crippen LogP contribution in [0.2, 0.25) is 0 Å². The van der Waals surface area contributed by atoms with Crippen molar-refractivity contribution < 1.29 is 28.4 Å². The molecule has 1 heterocycles. The van der Waals surface area contributed by atoms with Gasteiger partial charge in [-0.2, -0.15) is 0 Å². The van der Waals surface area contributed by atoms with Gasteiger partial charge in [0.1, 0.15) is 30.5 Å². The highest BCUT2D eigenvalue weighted by atomic mass is 16.7. The molecule has 1 aliphatic rings. The third-order valence-electron chi connectivity index (χ3n) is 7.35. The zero-order valence-corrected chi connectivity index (χ0v) is 24.4. The van der Waals surface area contributed by atoms with Gasteiger partial charge in [0.2, 0.25) is 0 Å².